The van der Waals surface area contributed by atoms with Crippen LogP contribution < -0.4 is 4.90 Å². The predicted octanol–water partition coefficient (Wildman–Crippen LogP) is 8.00. The molecule has 0 amide bonds. The topological polar surface area (TPSA) is 64.4 Å². The van der Waals surface area contributed by atoms with Crippen molar-refractivity contribution in [3.63, 3.8) is 0 Å². The smallest absolute Gasteiger partial charge is 0.161 e. The summed E-state index contributed by atoms with van der Waals surface area (Å²) in [6.07, 6.45) is 1.60. The van der Waals surface area contributed by atoms with Crippen molar-refractivity contribution in [1.82, 2.24) is 0 Å². The van der Waals surface area contributed by atoms with Crippen molar-refractivity contribution in [2.45, 2.75) is 32.1 Å². The third kappa shape index (κ3) is 4.12. The van der Waals surface area contributed by atoms with Crippen molar-refractivity contribution in [2.24, 2.45) is 0 Å². The van der Waals surface area contributed by atoms with Gasteiger partial charge in [-0.05, 0) is 79.4 Å². The van der Waals surface area contributed by atoms with E-state index in [2.05, 4.69) is 0 Å². The molecule has 1 atom stereocenters. The Balaban J connectivity index is 1.85. The highest BCUT2D eigenvalue weighted by atomic mass is 35.5. The van der Waals surface area contributed by atoms with Crippen LogP contribution in [0.15, 0.2) is 83.6 Å². The number of hydrogen-bond donors (Lipinski definition) is 2. The van der Waals surface area contributed by atoms with Crippen LogP contribution >= 0.6 is 23.2 Å². The van der Waals surface area contributed by atoms with E-state index in [4.69, 9.17) is 23.2 Å². The minimum atomic E-state index is -0.729. The van der Waals surface area contributed by atoms with Crippen LogP contribution in [0.1, 0.15) is 41.9 Å². The molecule has 7 heteroatoms. The van der Waals surface area contributed by atoms with Gasteiger partial charge in [-0.15, -0.1) is 0 Å². The van der Waals surface area contributed by atoms with E-state index in [0.29, 0.717) is 57.4 Å². The van der Waals surface area contributed by atoms with Gasteiger partial charge in [-0.1, -0.05) is 41.4 Å². The second-order valence-electron chi connectivity index (χ2n) is 8.96. The lowest BCUT2D eigenvalue weighted by Gasteiger charge is -2.42. The SMILES string of the molecule is Cc1c(Cl)cccc1N1C(=N)/C(=C(/O)c2ccc(Cl)cc2)C(c2ccc(F)cc2)C2=C1CCCC2=O. The number of amidine groups is 1. The minimum Gasteiger partial charge on any atom is -0.507 e. The van der Waals surface area contributed by atoms with Crippen molar-refractivity contribution in [2.75, 3.05) is 4.90 Å². The molecule has 0 saturated heterocycles. The molecule has 0 saturated carbocycles. The molecule has 182 valence electrons. The van der Waals surface area contributed by atoms with Crippen LogP contribution in [-0.4, -0.2) is 16.7 Å². The molecule has 2 N–H and O–H groups in total. The van der Waals surface area contributed by atoms with E-state index in [1.807, 2.05) is 13.0 Å². The van der Waals surface area contributed by atoms with Gasteiger partial charge in [-0.3, -0.25) is 15.1 Å². The Labute approximate surface area is 218 Å². The van der Waals surface area contributed by atoms with Crippen molar-refractivity contribution in [1.29, 1.82) is 5.41 Å². The molecule has 0 fully saturated rings. The van der Waals surface area contributed by atoms with E-state index in [1.54, 1.807) is 53.4 Å². The van der Waals surface area contributed by atoms with Crippen LogP contribution in [0.3, 0.4) is 0 Å². The fourth-order valence-corrected chi connectivity index (χ4v) is 5.34. The molecule has 0 aromatic heterocycles. The van der Waals surface area contributed by atoms with Crippen molar-refractivity contribution in [3.05, 3.63) is 116 Å². The average Bonchev–Trinajstić information content (AvgIpc) is 2.86. The van der Waals surface area contributed by atoms with E-state index in [0.717, 1.165) is 5.56 Å². The van der Waals surface area contributed by atoms with Crippen LogP contribution in [-0.2, 0) is 4.79 Å². The molecule has 4 nitrogen and oxygen atoms in total. The molecule has 3 aromatic rings. The largest absolute Gasteiger partial charge is 0.507 e. The molecular weight excluding hydrogens is 498 g/mol. The second-order valence-corrected chi connectivity index (χ2v) is 9.80. The lowest BCUT2D eigenvalue weighted by molar-refractivity contribution is -0.116. The normalized spacial score (nSPS) is 19.4. The molecule has 0 radical (unpaired) electrons. The predicted molar refractivity (Wildman–Crippen MR) is 142 cm³/mol. The Kier molecular flexibility index (Phi) is 6.45. The van der Waals surface area contributed by atoms with E-state index in [9.17, 15) is 19.7 Å². The molecule has 2 aliphatic rings. The number of aliphatic hydroxyl groups excluding tert-OH is 1. The summed E-state index contributed by atoms with van der Waals surface area (Å²) in [6.45, 7) is 1.87. The van der Waals surface area contributed by atoms with Crippen molar-refractivity contribution < 1.29 is 14.3 Å². The van der Waals surface area contributed by atoms with Gasteiger partial charge >= 0.3 is 0 Å². The first-order valence-corrected chi connectivity index (χ1v) is 12.4. The molecular formula is C29H23Cl2FN2O2. The Morgan fingerprint density at radius 1 is 1.03 bits per heavy atom. The third-order valence-electron chi connectivity index (χ3n) is 6.81. The van der Waals surface area contributed by atoms with Gasteiger partial charge < -0.3 is 5.11 Å². The highest BCUT2D eigenvalue weighted by Gasteiger charge is 2.43. The summed E-state index contributed by atoms with van der Waals surface area (Å²) in [6, 6.07) is 18.0. The molecule has 5 rings (SSSR count). The van der Waals surface area contributed by atoms with Crippen LogP contribution in [0.4, 0.5) is 10.1 Å². The van der Waals surface area contributed by atoms with Gasteiger partial charge in [0, 0.05) is 44.8 Å². The number of rotatable bonds is 3. The number of ketones is 1. The van der Waals surface area contributed by atoms with Crippen molar-refractivity contribution >= 4 is 46.3 Å². The molecule has 0 spiro atoms. The standard InChI is InChI=1S/C29H23Cl2FN2O2/c1-16-21(31)4-2-5-22(16)34-23-6-3-7-24(35)26(23)25(17-10-14-20(32)15-11-17)27(29(34)33)28(36)18-8-12-19(30)13-9-18/h2,4-5,8-15,25,33,36H,3,6-7H2,1H3/b28-27+,33-29?. The molecule has 0 bridgehead atoms. The van der Waals surface area contributed by atoms with Gasteiger partial charge in [0.2, 0.25) is 0 Å². The number of halogens is 3. The van der Waals surface area contributed by atoms with E-state index < -0.39 is 11.7 Å². The fourth-order valence-electron chi connectivity index (χ4n) is 5.05. The van der Waals surface area contributed by atoms with Gasteiger partial charge in [0.05, 0.1) is 5.69 Å². The van der Waals surface area contributed by atoms with Crippen LogP contribution in [0.2, 0.25) is 10.0 Å². The van der Waals surface area contributed by atoms with Gasteiger partial charge in [-0.2, -0.15) is 0 Å². The Morgan fingerprint density at radius 2 is 1.72 bits per heavy atom. The summed E-state index contributed by atoms with van der Waals surface area (Å²) in [5.74, 6) is -1.29. The number of anilines is 1. The number of carbonyl (C=O) groups excluding carboxylic acids is 1. The number of allylic oxidation sites excluding steroid dienone is 2. The summed E-state index contributed by atoms with van der Waals surface area (Å²) in [4.78, 5) is 15.2. The van der Waals surface area contributed by atoms with Crippen LogP contribution in [0, 0.1) is 18.2 Å². The first kappa shape index (κ1) is 24.3. The summed E-state index contributed by atoms with van der Waals surface area (Å²) < 4.78 is 13.8. The third-order valence-corrected chi connectivity index (χ3v) is 7.47. The number of aliphatic hydroxyl groups is 1. The first-order chi connectivity index (χ1) is 17.3. The fraction of sp³-hybridized carbons (Fsp3) is 0.172. The average molecular weight is 521 g/mol. The van der Waals surface area contributed by atoms with Crippen molar-refractivity contribution in [3.8, 4) is 0 Å². The Morgan fingerprint density at radius 3 is 2.42 bits per heavy atom. The monoisotopic (exact) mass is 520 g/mol. The van der Waals surface area contributed by atoms with Gasteiger partial charge in [0.15, 0.2) is 5.78 Å². The summed E-state index contributed by atoms with van der Waals surface area (Å²) in [5.41, 5.74) is 4.01. The van der Waals surface area contributed by atoms with E-state index >= 15 is 0 Å². The molecule has 3 aromatic carbocycles. The zero-order valence-corrected chi connectivity index (χ0v) is 21.0. The van der Waals surface area contributed by atoms with Gasteiger partial charge in [-0.25, -0.2) is 4.39 Å². The second kappa shape index (κ2) is 9.57. The lowest BCUT2D eigenvalue weighted by atomic mass is 9.73. The van der Waals surface area contributed by atoms with Gasteiger partial charge in [0.1, 0.15) is 17.4 Å². The van der Waals surface area contributed by atoms with Crippen LogP contribution in [0.5, 0.6) is 0 Å². The number of carbonyl (C=O) groups is 1. The maximum absolute atomic E-state index is 13.8. The number of nitrogens with zero attached hydrogens (tertiary/aromatic N) is 1. The number of hydrogen-bond acceptors (Lipinski definition) is 3. The van der Waals surface area contributed by atoms with E-state index in [1.165, 1.54) is 12.1 Å². The molecule has 1 heterocycles. The Bertz CT molecular complexity index is 1440. The highest BCUT2D eigenvalue weighted by molar-refractivity contribution is 6.32. The molecule has 1 aliphatic carbocycles. The lowest BCUT2D eigenvalue weighted by Crippen LogP contribution is -2.42. The first-order valence-electron chi connectivity index (χ1n) is 11.6. The number of nitrogens with one attached hydrogen (secondary N) is 1. The number of benzene rings is 3. The summed E-state index contributed by atoms with van der Waals surface area (Å²) in [5, 5.41) is 22.0. The van der Waals surface area contributed by atoms with E-state index in [-0.39, 0.29) is 23.0 Å². The number of Topliss-reactive ketones (excluding diaryl/α,β-unsaturated/α-hetero) is 1. The van der Waals surface area contributed by atoms with Crippen LogP contribution in [0.25, 0.3) is 5.76 Å². The molecule has 1 unspecified atom stereocenters. The zero-order valence-electron chi connectivity index (χ0n) is 19.5. The maximum Gasteiger partial charge on any atom is 0.161 e. The minimum absolute atomic E-state index is 0.0376. The Hall–Kier alpha value is -3.41. The summed E-state index contributed by atoms with van der Waals surface area (Å²) in [7, 11) is 0. The molecule has 1 aliphatic heterocycles. The quantitative estimate of drug-likeness (QED) is 0.343. The van der Waals surface area contributed by atoms with Gasteiger partial charge in [0.25, 0.3) is 0 Å². The highest BCUT2D eigenvalue weighted by Crippen LogP contribution is 2.48. The summed E-state index contributed by atoms with van der Waals surface area (Å²) >= 11 is 12.5. The zero-order chi connectivity index (χ0) is 25.6. The molecule has 36 heavy (non-hydrogen) atoms. The maximum atomic E-state index is 13.8.